The molecule has 8 heteroatoms. The first-order valence-corrected chi connectivity index (χ1v) is 8.86. The maximum atomic E-state index is 12.1. The second-order valence-electron chi connectivity index (χ2n) is 7.54. The maximum Gasteiger partial charge on any atom is 0.338 e. The van der Waals surface area contributed by atoms with Crippen LogP contribution in [-0.2, 0) is 14.9 Å². The summed E-state index contributed by atoms with van der Waals surface area (Å²) in [6, 6.07) is 10.7. The van der Waals surface area contributed by atoms with E-state index in [9.17, 15) is 24.5 Å². The van der Waals surface area contributed by atoms with Crippen molar-refractivity contribution in [3.05, 3.63) is 74.8 Å². The summed E-state index contributed by atoms with van der Waals surface area (Å²) in [6.07, 6.45) is 0. The van der Waals surface area contributed by atoms with E-state index >= 15 is 0 Å². The van der Waals surface area contributed by atoms with Gasteiger partial charge in [-0.1, -0.05) is 39.0 Å². The maximum absolute atomic E-state index is 12.1. The van der Waals surface area contributed by atoms with Crippen LogP contribution in [0.1, 0.15) is 52.6 Å². The fraction of sp³-hybridized carbons (Fsp3) is 0.286. The Morgan fingerprint density at radius 1 is 1.03 bits per heavy atom. The summed E-state index contributed by atoms with van der Waals surface area (Å²) in [7, 11) is 0. The van der Waals surface area contributed by atoms with Crippen LogP contribution in [0, 0.1) is 17.0 Å². The average molecular weight is 398 g/mol. The van der Waals surface area contributed by atoms with Gasteiger partial charge in [0.2, 0.25) is 0 Å². The second kappa shape index (κ2) is 8.64. The largest absolute Gasteiger partial charge is 0.452 e. The zero-order chi connectivity index (χ0) is 21.8. The lowest BCUT2D eigenvalue weighted by Crippen LogP contribution is -2.34. The van der Waals surface area contributed by atoms with Crippen molar-refractivity contribution in [3.8, 4) is 0 Å². The summed E-state index contributed by atoms with van der Waals surface area (Å²) in [5, 5.41) is 13.1. The van der Waals surface area contributed by atoms with Gasteiger partial charge in [0, 0.05) is 17.2 Å². The van der Waals surface area contributed by atoms with Crippen LogP contribution < -0.4 is 5.32 Å². The molecule has 0 aliphatic carbocycles. The molecule has 0 radical (unpaired) electrons. The van der Waals surface area contributed by atoms with Crippen LogP contribution in [0.4, 0.5) is 5.69 Å². The summed E-state index contributed by atoms with van der Waals surface area (Å²) in [5.74, 6) is -2.31. The number of nitrogens with zero attached hydrogens (tertiary/aromatic N) is 1. The smallest absolute Gasteiger partial charge is 0.338 e. The number of esters is 1. The summed E-state index contributed by atoms with van der Waals surface area (Å²) in [5.41, 5.74) is 1.39. The molecule has 0 saturated carbocycles. The van der Waals surface area contributed by atoms with E-state index < -0.39 is 29.3 Å². The lowest BCUT2D eigenvalue weighted by atomic mass is 9.87. The van der Waals surface area contributed by atoms with Gasteiger partial charge >= 0.3 is 5.97 Å². The van der Waals surface area contributed by atoms with E-state index in [-0.39, 0.29) is 16.7 Å². The van der Waals surface area contributed by atoms with E-state index in [1.165, 1.54) is 12.1 Å². The molecule has 0 unspecified atom stereocenters. The lowest BCUT2D eigenvalue weighted by molar-refractivity contribution is -0.385. The van der Waals surface area contributed by atoms with Gasteiger partial charge in [0.25, 0.3) is 17.5 Å². The highest BCUT2D eigenvalue weighted by atomic mass is 16.6. The Morgan fingerprint density at radius 2 is 1.62 bits per heavy atom. The molecule has 152 valence electrons. The molecule has 2 rings (SSSR count). The Morgan fingerprint density at radius 3 is 2.17 bits per heavy atom. The topological polar surface area (TPSA) is 116 Å². The fourth-order valence-electron chi connectivity index (χ4n) is 2.50. The highest BCUT2D eigenvalue weighted by Crippen LogP contribution is 2.22. The minimum atomic E-state index is -0.898. The quantitative estimate of drug-likeness (QED) is 0.469. The van der Waals surface area contributed by atoms with E-state index in [1.807, 2.05) is 32.9 Å². The normalized spacial score (nSPS) is 10.9. The molecular weight excluding hydrogens is 376 g/mol. The zero-order valence-electron chi connectivity index (χ0n) is 16.6. The third kappa shape index (κ3) is 5.71. The molecule has 0 spiro atoms. The predicted molar refractivity (Wildman–Crippen MR) is 106 cm³/mol. The van der Waals surface area contributed by atoms with Gasteiger partial charge in [0.05, 0.1) is 10.5 Å². The van der Waals surface area contributed by atoms with Gasteiger partial charge in [-0.25, -0.2) is 4.79 Å². The van der Waals surface area contributed by atoms with Crippen LogP contribution >= 0.6 is 0 Å². The molecule has 0 saturated heterocycles. The highest BCUT2D eigenvalue weighted by molar-refractivity contribution is 6.05. The number of ether oxygens (including phenoxy) is 1. The van der Waals surface area contributed by atoms with E-state index in [4.69, 9.17) is 4.74 Å². The lowest BCUT2D eigenvalue weighted by Gasteiger charge is -2.18. The molecule has 1 N–H and O–H groups in total. The number of amides is 2. The van der Waals surface area contributed by atoms with Gasteiger partial charge < -0.3 is 4.74 Å². The number of benzene rings is 2. The van der Waals surface area contributed by atoms with Crippen molar-refractivity contribution in [3.63, 3.8) is 0 Å². The van der Waals surface area contributed by atoms with E-state index in [1.54, 1.807) is 19.1 Å². The van der Waals surface area contributed by atoms with E-state index in [0.717, 1.165) is 11.6 Å². The summed E-state index contributed by atoms with van der Waals surface area (Å²) in [4.78, 5) is 46.4. The number of hydrogen-bond donors (Lipinski definition) is 1. The van der Waals surface area contributed by atoms with Crippen LogP contribution in [0.2, 0.25) is 0 Å². The van der Waals surface area contributed by atoms with Crippen molar-refractivity contribution in [1.82, 2.24) is 5.32 Å². The monoisotopic (exact) mass is 398 g/mol. The van der Waals surface area contributed by atoms with E-state index in [0.29, 0.717) is 11.1 Å². The molecule has 0 atom stereocenters. The SMILES string of the molecule is Cc1ccc(C(=O)OCC(=O)NC(=O)c2ccc(C(C)(C)C)cc2)cc1[N+](=O)[O-]. The van der Waals surface area contributed by atoms with Crippen LogP contribution in [-0.4, -0.2) is 29.3 Å². The number of rotatable bonds is 5. The number of aryl methyl sites for hydroxylation is 1. The van der Waals surface area contributed by atoms with Gasteiger partial charge in [-0.15, -0.1) is 0 Å². The molecule has 0 heterocycles. The second-order valence-corrected chi connectivity index (χ2v) is 7.54. The standard InChI is InChI=1S/C21H22N2O6/c1-13-5-6-15(11-17(13)23(27)28)20(26)29-12-18(24)22-19(25)14-7-9-16(10-8-14)21(2,3)4/h5-11H,12H2,1-4H3,(H,22,24,25). The Kier molecular flexibility index (Phi) is 6.48. The molecule has 8 nitrogen and oxygen atoms in total. The first-order chi connectivity index (χ1) is 13.5. The average Bonchev–Trinajstić information content (AvgIpc) is 2.65. The molecule has 29 heavy (non-hydrogen) atoms. The molecule has 2 aromatic carbocycles. The Labute approximate surface area is 168 Å². The molecule has 0 fully saturated rings. The Hall–Kier alpha value is -3.55. The van der Waals surface area contributed by atoms with E-state index in [2.05, 4.69) is 5.32 Å². The van der Waals surface area contributed by atoms with Crippen molar-refractivity contribution in [2.45, 2.75) is 33.1 Å². The van der Waals surface area contributed by atoms with Crippen molar-refractivity contribution < 1.29 is 24.0 Å². The molecule has 2 aromatic rings. The van der Waals surface area contributed by atoms with Crippen molar-refractivity contribution in [2.75, 3.05) is 6.61 Å². The number of imide groups is 1. The van der Waals surface area contributed by atoms with Gasteiger partial charge in [-0.3, -0.25) is 25.0 Å². The first kappa shape index (κ1) is 21.7. The van der Waals surface area contributed by atoms with Crippen LogP contribution in [0.15, 0.2) is 42.5 Å². The van der Waals surface area contributed by atoms with Crippen LogP contribution in [0.25, 0.3) is 0 Å². The number of nitrogens with one attached hydrogen (secondary N) is 1. The van der Waals surface area contributed by atoms with Gasteiger partial charge in [0.15, 0.2) is 6.61 Å². The molecule has 0 aromatic heterocycles. The van der Waals surface area contributed by atoms with Gasteiger partial charge in [-0.2, -0.15) is 0 Å². The predicted octanol–water partition coefficient (Wildman–Crippen LogP) is 3.31. The fourth-order valence-corrected chi connectivity index (χ4v) is 2.50. The van der Waals surface area contributed by atoms with Crippen LogP contribution in [0.3, 0.4) is 0 Å². The van der Waals surface area contributed by atoms with Crippen LogP contribution in [0.5, 0.6) is 0 Å². The summed E-state index contributed by atoms with van der Waals surface area (Å²) in [6.45, 7) is 6.99. The minimum Gasteiger partial charge on any atom is -0.452 e. The van der Waals surface area contributed by atoms with Crippen molar-refractivity contribution in [2.24, 2.45) is 0 Å². The Balaban J connectivity index is 1.94. The molecule has 0 bridgehead atoms. The molecular formula is C21H22N2O6. The molecule has 0 aliphatic heterocycles. The summed E-state index contributed by atoms with van der Waals surface area (Å²) >= 11 is 0. The zero-order valence-corrected chi connectivity index (χ0v) is 16.6. The number of carbonyl (C=O) groups is 3. The van der Waals surface area contributed by atoms with Crippen molar-refractivity contribution in [1.29, 1.82) is 0 Å². The third-order valence-electron chi connectivity index (χ3n) is 4.24. The Bertz CT molecular complexity index is 958. The van der Waals surface area contributed by atoms with Gasteiger partial charge in [-0.05, 0) is 36.1 Å². The number of nitro groups is 1. The molecule has 2 amide bonds. The molecule has 0 aliphatic rings. The number of nitro benzene ring substituents is 1. The highest BCUT2D eigenvalue weighted by Gasteiger charge is 2.18. The minimum absolute atomic E-state index is 0.0563. The summed E-state index contributed by atoms with van der Waals surface area (Å²) < 4.78 is 4.84. The van der Waals surface area contributed by atoms with Crippen molar-refractivity contribution >= 4 is 23.5 Å². The van der Waals surface area contributed by atoms with Gasteiger partial charge in [0.1, 0.15) is 0 Å². The number of carbonyl (C=O) groups excluding carboxylic acids is 3. The first-order valence-electron chi connectivity index (χ1n) is 8.86. The third-order valence-corrected chi connectivity index (χ3v) is 4.24. The number of hydrogen-bond acceptors (Lipinski definition) is 6.